The zero-order valence-corrected chi connectivity index (χ0v) is 5.07. The van der Waals surface area contributed by atoms with Gasteiger partial charge in [-0.3, -0.25) is 0 Å². The van der Waals surface area contributed by atoms with Crippen molar-refractivity contribution in [2.24, 2.45) is 0 Å². The Morgan fingerprint density at radius 2 is 2.43 bits per heavy atom. The van der Waals surface area contributed by atoms with Crippen LogP contribution >= 0.6 is 11.8 Å². The van der Waals surface area contributed by atoms with Crippen LogP contribution in [0.2, 0.25) is 0 Å². The molecule has 0 aromatic carbocycles. The van der Waals surface area contributed by atoms with E-state index in [1.54, 1.807) is 0 Å². The molecule has 0 fully saturated rings. The predicted molar refractivity (Wildman–Crippen MR) is 30.2 cm³/mol. The Bertz CT molecular complexity index is 42.7. The first-order chi connectivity index (χ1) is 3.31. The van der Waals surface area contributed by atoms with E-state index < -0.39 is 0 Å². The van der Waals surface area contributed by atoms with Crippen molar-refractivity contribution in [1.29, 1.82) is 0 Å². The third kappa shape index (κ3) is 4.05. The first-order valence-corrected chi connectivity index (χ1v) is 2.66. The second kappa shape index (κ2) is 4.37. The number of hydrogen-bond acceptors (Lipinski definition) is 2. The molecule has 0 bridgehead atoms. The second-order valence-electron chi connectivity index (χ2n) is 1.52. The van der Waals surface area contributed by atoms with E-state index in [2.05, 4.69) is 4.84 Å². The molecule has 0 radical (unpaired) electrons. The highest BCUT2D eigenvalue weighted by Gasteiger charge is 1.93. The number of rotatable bonds is 3. The molecule has 0 aliphatic heterocycles. The fraction of sp³-hybridized carbons (Fsp3) is 1.00. The second-order valence-corrected chi connectivity index (χ2v) is 1.74. The highest BCUT2D eigenvalue weighted by atomic mass is 35.5. The van der Waals surface area contributed by atoms with Crippen LogP contribution in [0.5, 0.6) is 0 Å². The van der Waals surface area contributed by atoms with Crippen molar-refractivity contribution >= 4 is 11.8 Å². The lowest BCUT2D eigenvalue weighted by Gasteiger charge is -2.02. The molecular formula is C4H10ClNO. The van der Waals surface area contributed by atoms with Crippen LogP contribution in [-0.2, 0) is 0 Å². The minimum Gasteiger partial charge on any atom is -0.396 e. The molecule has 0 rings (SSSR count). The minimum atomic E-state index is 0.195. The summed E-state index contributed by atoms with van der Waals surface area (Å²) in [7, 11) is 0. The van der Waals surface area contributed by atoms with Gasteiger partial charge in [0.25, 0.3) is 0 Å². The van der Waals surface area contributed by atoms with E-state index in [0.29, 0.717) is 6.42 Å². The molecular weight excluding hydrogens is 114 g/mol. The molecule has 2 N–H and O–H groups in total. The molecule has 0 aliphatic rings. The monoisotopic (exact) mass is 123 g/mol. The number of hydrogen-bond donors (Lipinski definition) is 2. The Hall–Kier alpha value is 0.210. The highest BCUT2D eigenvalue weighted by molar-refractivity contribution is 6.13. The fourth-order valence-electron chi connectivity index (χ4n) is 0.248. The van der Waals surface area contributed by atoms with Gasteiger partial charge in [-0.1, -0.05) is 0 Å². The van der Waals surface area contributed by atoms with Crippen LogP contribution < -0.4 is 4.84 Å². The summed E-state index contributed by atoms with van der Waals surface area (Å²) in [4.78, 5) is 2.48. The maximum absolute atomic E-state index is 8.27. The molecule has 0 aromatic heterocycles. The molecule has 0 heterocycles. The summed E-state index contributed by atoms with van der Waals surface area (Å²) in [5.74, 6) is 0. The predicted octanol–water partition coefficient (Wildman–Crippen LogP) is 0.501. The molecule has 44 valence electrons. The summed E-state index contributed by atoms with van der Waals surface area (Å²) in [5.41, 5.74) is 0. The van der Waals surface area contributed by atoms with Crippen LogP contribution in [0.4, 0.5) is 0 Å². The third-order valence-corrected chi connectivity index (χ3v) is 1.12. The number of aliphatic hydroxyl groups excluding tert-OH is 1. The summed E-state index contributed by atoms with van der Waals surface area (Å²) in [6.45, 7) is 2.10. The molecule has 0 saturated heterocycles. The Morgan fingerprint density at radius 3 is 2.57 bits per heavy atom. The van der Waals surface area contributed by atoms with Crippen molar-refractivity contribution in [2.75, 3.05) is 6.61 Å². The van der Waals surface area contributed by atoms with Gasteiger partial charge in [-0.25, -0.2) is 4.84 Å². The highest BCUT2D eigenvalue weighted by Crippen LogP contribution is 1.87. The van der Waals surface area contributed by atoms with E-state index in [1.165, 1.54) is 0 Å². The van der Waals surface area contributed by atoms with Crippen molar-refractivity contribution in [3.63, 3.8) is 0 Å². The van der Waals surface area contributed by atoms with Gasteiger partial charge in [0, 0.05) is 12.6 Å². The van der Waals surface area contributed by atoms with Crippen molar-refractivity contribution in [3.05, 3.63) is 0 Å². The van der Waals surface area contributed by atoms with Crippen LogP contribution in [0.3, 0.4) is 0 Å². The Kier molecular flexibility index (Phi) is 4.50. The van der Waals surface area contributed by atoms with Crippen molar-refractivity contribution in [1.82, 2.24) is 4.84 Å². The SMILES string of the molecule is CC(CCO)NCl. The largest absolute Gasteiger partial charge is 0.396 e. The topological polar surface area (TPSA) is 32.3 Å². The van der Waals surface area contributed by atoms with Crippen LogP contribution in [0.1, 0.15) is 13.3 Å². The average Bonchev–Trinajstić information content (AvgIpc) is 1.68. The first kappa shape index (κ1) is 7.21. The van der Waals surface area contributed by atoms with E-state index in [1.807, 2.05) is 6.92 Å². The summed E-state index contributed by atoms with van der Waals surface area (Å²) < 4.78 is 0. The molecule has 0 spiro atoms. The Morgan fingerprint density at radius 1 is 1.86 bits per heavy atom. The molecule has 0 aliphatic carbocycles. The maximum atomic E-state index is 8.27. The Labute approximate surface area is 48.6 Å². The van der Waals surface area contributed by atoms with Gasteiger partial charge in [-0.2, -0.15) is 0 Å². The minimum absolute atomic E-state index is 0.195. The lowest BCUT2D eigenvalue weighted by Crippen LogP contribution is -2.16. The molecule has 7 heavy (non-hydrogen) atoms. The lowest BCUT2D eigenvalue weighted by atomic mass is 10.3. The van der Waals surface area contributed by atoms with Gasteiger partial charge in [0.2, 0.25) is 0 Å². The number of halogens is 1. The maximum Gasteiger partial charge on any atom is 0.0446 e. The molecule has 0 aromatic rings. The van der Waals surface area contributed by atoms with Gasteiger partial charge in [0.1, 0.15) is 0 Å². The molecule has 1 unspecified atom stereocenters. The van der Waals surface area contributed by atoms with E-state index >= 15 is 0 Å². The lowest BCUT2D eigenvalue weighted by molar-refractivity contribution is 0.276. The first-order valence-electron chi connectivity index (χ1n) is 2.28. The van der Waals surface area contributed by atoms with E-state index in [-0.39, 0.29) is 12.6 Å². The van der Waals surface area contributed by atoms with Gasteiger partial charge in [0.05, 0.1) is 0 Å². The van der Waals surface area contributed by atoms with Crippen molar-refractivity contribution in [3.8, 4) is 0 Å². The van der Waals surface area contributed by atoms with Crippen LogP contribution in [0.25, 0.3) is 0 Å². The van der Waals surface area contributed by atoms with E-state index in [9.17, 15) is 0 Å². The fourth-order valence-corrected chi connectivity index (χ4v) is 0.357. The molecule has 0 amide bonds. The smallest absolute Gasteiger partial charge is 0.0446 e. The quantitative estimate of drug-likeness (QED) is 0.536. The average molecular weight is 124 g/mol. The van der Waals surface area contributed by atoms with Gasteiger partial charge in [-0.15, -0.1) is 0 Å². The van der Waals surface area contributed by atoms with Crippen LogP contribution in [-0.4, -0.2) is 17.8 Å². The number of nitrogens with one attached hydrogen (secondary N) is 1. The van der Waals surface area contributed by atoms with Crippen LogP contribution in [0, 0.1) is 0 Å². The van der Waals surface area contributed by atoms with Crippen LogP contribution in [0.15, 0.2) is 0 Å². The summed E-state index contributed by atoms with van der Waals surface area (Å²) in [5, 5.41) is 8.27. The third-order valence-electron chi connectivity index (χ3n) is 0.748. The van der Waals surface area contributed by atoms with Crippen molar-refractivity contribution in [2.45, 2.75) is 19.4 Å². The van der Waals surface area contributed by atoms with Gasteiger partial charge in [0.15, 0.2) is 0 Å². The van der Waals surface area contributed by atoms with Crippen molar-refractivity contribution < 1.29 is 5.11 Å². The van der Waals surface area contributed by atoms with E-state index in [0.717, 1.165) is 0 Å². The molecule has 3 heteroatoms. The zero-order valence-electron chi connectivity index (χ0n) is 4.32. The molecule has 0 saturated carbocycles. The van der Waals surface area contributed by atoms with E-state index in [4.69, 9.17) is 16.9 Å². The molecule has 1 atom stereocenters. The standard InChI is InChI=1S/C4H10ClNO/c1-4(6-5)2-3-7/h4,6-7H,2-3H2,1H3. The van der Waals surface area contributed by atoms with Gasteiger partial charge in [-0.05, 0) is 25.1 Å². The zero-order chi connectivity index (χ0) is 5.70. The van der Waals surface area contributed by atoms with Gasteiger partial charge >= 0.3 is 0 Å². The molecule has 2 nitrogen and oxygen atoms in total. The summed E-state index contributed by atoms with van der Waals surface area (Å²) in [6.07, 6.45) is 0.712. The normalized spacial score (nSPS) is 14.1. The summed E-state index contributed by atoms with van der Waals surface area (Å²) >= 11 is 5.17. The number of aliphatic hydroxyl groups is 1. The Balaban J connectivity index is 2.83. The van der Waals surface area contributed by atoms with Gasteiger partial charge < -0.3 is 5.11 Å². The summed E-state index contributed by atoms with van der Waals surface area (Å²) in [6, 6.07) is 0.215.